The summed E-state index contributed by atoms with van der Waals surface area (Å²) < 4.78 is 27.8. The Kier molecular flexibility index (Phi) is 9.56. The molecule has 0 radical (unpaired) electrons. The lowest BCUT2D eigenvalue weighted by atomic mass is 9.95. The lowest BCUT2D eigenvalue weighted by Crippen LogP contribution is -2.31. The van der Waals surface area contributed by atoms with Crippen molar-refractivity contribution >= 4 is 40.9 Å². The standard InChI is InChI=1S/C35H31ClFN5O3S/c1-3-44-30-11-7-6-10-29(30)39-33(43)31-22(2)38-34-40-35(46-21-25-8-4-5-9-28(25)37)41-42(34)32(31)24-14-18-27(19-15-24)45-20-23-12-16-26(36)17-13-23/h4-19,32H,3,20-21H2,1-2H3,(H,39,43)(H,38,40,41). The molecule has 0 aliphatic carbocycles. The van der Waals surface area contributed by atoms with Gasteiger partial charge in [-0.25, -0.2) is 9.07 Å². The highest BCUT2D eigenvalue weighted by Gasteiger charge is 2.35. The highest BCUT2D eigenvalue weighted by atomic mass is 35.5. The van der Waals surface area contributed by atoms with Gasteiger partial charge in [0.25, 0.3) is 5.91 Å². The Bertz CT molecular complexity index is 1880. The van der Waals surface area contributed by atoms with Crippen molar-refractivity contribution in [2.45, 2.75) is 37.4 Å². The largest absolute Gasteiger partial charge is 0.492 e. The van der Waals surface area contributed by atoms with Gasteiger partial charge in [0.05, 0.1) is 17.9 Å². The number of aromatic nitrogens is 3. The molecule has 2 heterocycles. The quantitative estimate of drug-likeness (QED) is 0.138. The Hall–Kier alpha value is -4.80. The van der Waals surface area contributed by atoms with Gasteiger partial charge >= 0.3 is 0 Å². The van der Waals surface area contributed by atoms with Gasteiger partial charge in [-0.05, 0) is 73.0 Å². The number of carbonyl (C=O) groups excluding carboxylic acids is 1. The fraction of sp³-hybridized carbons (Fsp3) is 0.171. The molecule has 4 aromatic carbocycles. The van der Waals surface area contributed by atoms with Crippen molar-refractivity contribution < 1.29 is 18.7 Å². The van der Waals surface area contributed by atoms with Crippen molar-refractivity contribution in [1.82, 2.24) is 14.8 Å². The van der Waals surface area contributed by atoms with E-state index in [1.165, 1.54) is 17.8 Å². The predicted molar refractivity (Wildman–Crippen MR) is 179 cm³/mol. The van der Waals surface area contributed by atoms with Crippen LogP contribution < -0.4 is 20.1 Å². The average Bonchev–Trinajstić information content (AvgIpc) is 3.47. The van der Waals surface area contributed by atoms with E-state index in [0.717, 1.165) is 11.1 Å². The number of benzene rings is 4. The number of hydrogen-bond donors (Lipinski definition) is 2. The first kappa shape index (κ1) is 31.2. The van der Waals surface area contributed by atoms with E-state index < -0.39 is 6.04 Å². The Morgan fingerprint density at radius 1 is 1.00 bits per heavy atom. The zero-order valence-corrected chi connectivity index (χ0v) is 26.7. The van der Waals surface area contributed by atoms with Crippen molar-refractivity contribution in [2.24, 2.45) is 0 Å². The van der Waals surface area contributed by atoms with Gasteiger partial charge < -0.3 is 20.1 Å². The number of hydrogen-bond acceptors (Lipinski definition) is 7. The van der Waals surface area contributed by atoms with Gasteiger partial charge in [0, 0.05) is 16.5 Å². The number of ether oxygens (including phenoxy) is 2. The number of thioether (sulfide) groups is 1. The smallest absolute Gasteiger partial charge is 0.255 e. The van der Waals surface area contributed by atoms with Crippen LogP contribution in [0.4, 0.5) is 16.0 Å². The minimum atomic E-state index is -0.615. The fourth-order valence-corrected chi connectivity index (χ4v) is 6.03. The Morgan fingerprint density at radius 2 is 1.74 bits per heavy atom. The van der Waals surface area contributed by atoms with E-state index in [4.69, 9.17) is 26.2 Å². The second-order valence-electron chi connectivity index (χ2n) is 10.5. The number of nitrogens with zero attached hydrogens (tertiary/aromatic N) is 3. The molecule has 2 N–H and O–H groups in total. The molecule has 0 saturated carbocycles. The van der Waals surface area contributed by atoms with E-state index in [0.29, 0.717) is 69.1 Å². The molecule has 5 aromatic rings. The first-order valence-corrected chi connectivity index (χ1v) is 16.1. The Balaban J connectivity index is 1.30. The normalized spacial score (nSPS) is 14.0. The molecule has 1 amide bonds. The number of para-hydroxylation sites is 2. The lowest BCUT2D eigenvalue weighted by Gasteiger charge is -2.29. The zero-order chi connectivity index (χ0) is 32.0. The Morgan fingerprint density at radius 3 is 2.50 bits per heavy atom. The van der Waals surface area contributed by atoms with Gasteiger partial charge in [-0.3, -0.25) is 4.79 Å². The summed E-state index contributed by atoms with van der Waals surface area (Å²) in [6.07, 6.45) is 0. The number of halogens is 2. The third-order valence-electron chi connectivity index (χ3n) is 7.34. The van der Waals surface area contributed by atoms with Crippen LogP contribution >= 0.6 is 23.4 Å². The van der Waals surface area contributed by atoms with Crippen LogP contribution in [0.5, 0.6) is 11.5 Å². The van der Waals surface area contributed by atoms with Crippen LogP contribution in [0, 0.1) is 5.82 Å². The van der Waals surface area contributed by atoms with E-state index in [1.807, 2.05) is 80.6 Å². The molecule has 1 aliphatic rings. The number of fused-ring (bicyclic) bond motifs is 1. The first-order chi connectivity index (χ1) is 22.4. The number of amides is 1. The number of allylic oxidation sites excluding steroid dienone is 1. The molecule has 8 nitrogen and oxygen atoms in total. The highest BCUT2D eigenvalue weighted by Crippen LogP contribution is 2.38. The maximum Gasteiger partial charge on any atom is 0.255 e. The molecule has 0 spiro atoms. The van der Waals surface area contributed by atoms with Gasteiger partial charge in [-0.2, -0.15) is 4.98 Å². The molecule has 234 valence electrons. The average molecular weight is 656 g/mol. The molecule has 1 atom stereocenters. The zero-order valence-electron chi connectivity index (χ0n) is 25.2. The summed E-state index contributed by atoms with van der Waals surface area (Å²) in [6, 6.07) is 28.4. The van der Waals surface area contributed by atoms with Crippen LogP contribution in [-0.4, -0.2) is 27.3 Å². The van der Waals surface area contributed by atoms with E-state index in [2.05, 4.69) is 15.6 Å². The van der Waals surface area contributed by atoms with Gasteiger partial charge in [0.1, 0.15) is 30.0 Å². The minimum Gasteiger partial charge on any atom is -0.492 e. The summed E-state index contributed by atoms with van der Waals surface area (Å²) in [5.74, 6) is 1.49. The lowest BCUT2D eigenvalue weighted by molar-refractivity contribution is -0.113. The molecular formula is C35H31ClFN5O3S. The van der Waals surface area contributed by atoms with Gasteiger partial charge in [-0.1, -0.05) is 78.0 Å². The predicted octanol–water partition coefficient (Wildman–Crippen LogP) is 8.27. The summed E-state index contributed by atoms with van der Waals surface area (Å²) in [7, 11) is 0. The third-order valence-corrected chi connectivity index (χ3v) is 8.48. The molecule has 0 saturated heterocycles. The van der Waals surface area contributed by atoms with E-state index >= 15 is 0 Å². The summed E-state index contributed by atoms with van der Waals surface area (Å²) in [5, 5.41) is 12.2. The molecular weight excluding hydrogens is 625 g/mol. The summed E-state index contributed by atoms with van der Waals surface area (Å²) >= 11 is 7.33. The van der Waals surface area contributed by atoms with E-state index in [-0.39, 0.29) is 11.7 Å². The molecule has 6 rings (SSSR count). The van der Waals surface area contributed by atoms with Gasteiger partial charge in [0.15, 0.2) is 0 Å². The second kappa shape index (κ2) is 14.1. The maximum atomic E-state index is 14.3. The van der Waals surface area contributed by atoms with Crippen LogP contribution in [-0.2, 0) is 17.2 Å². The summed E-state index contributed by atoms with van der Waals surface area (Å²) in [5.41, 5.74) is 4.00. The van der Waals surface area contributed by atoms with Crippen molar-refractivity contribution in [1.29, 1.82) is 0 Å². The highest BCUT2D eigenvalue weighted by molar-refractivity contribution is 7.98. The van der Waals surface area contributed by atoms with E-state index in [1.54, 1.807) is 28.9 Å². The third kappa shape index (κ3) is 7.03. The molecule has 0 bridgehead atoms. The van der Waals surface area contributed by atoms with Gasteiger partial charge in [-0.15, -0.1) is 5.10 Å². The molecule has 46 heavy (non-hydrogen) atoms. The fourth-order valence-electron chi connectivity index (χ4n) is 5.09. The SMILES string of the molecule is CCOc1ccccc1NC(=O)C1=C(C)Nc2nc(SCc3ccccc3F)nn2C1c1ccc(OCc2ccc(Cl)cc2)cc1. The minimum absolute atomic E-state index is 0.280. The number of anilines is 2. The molecule has 11 heteroatoms. The summed E-state index contributed by atoms with van der Waals surface area (Å²) in [4.78, 5) is 18.7. The Labute approximate surface area is 275 Å². The maximum absolute atomic E-state index is 14.3. The number of nitrogens with one attached hydrogen (secondary N) is 2. The monoisotopic (exact) mass is 655 g/mol. The van der Waals surface area contributed by atoms with E-state index in [9.17, 15) is 9.18 Å². The first-order valence-electron chi connectivity index (χ1n) is 14.7. The van der Waals surface area contributed by atoms with Crippen LogP contribution in [0.2, 0.25) is 5.02 Å². The molecule has 0 fully saturated rings. The van der Waals surface area contributed by atoms with Crippen LogP contribution in [0.1, 0.15) is 36.6 Å². The summed E-state index contributed by atoms with van der Waals surface area (Å²) in [6.45, 7) is 4.57. The van der Waals surface area contributed by atoms with Crippen LogP contribution in [0.3, 0.4) is 0 Å². The number of rotatable bonds is 11. The van der Waals surface area contributed by atoms with Crippen LogP contribution in [0.15, 0.2) is 113 Å². The number of carbonyl (C=O) groups is 1. The topological polar surface area (TPSA) is 90.3 Å². The van der Waals surface area contributed by atoms with Crippen molar-refractivity contribution in [3.05, 3.63) is 136 Å². The van der Waals surface area contributed by atoms with Crippen molar-refractivity contribution in [3.8, 4) is 11.5 Å². The molecule has 1 aliphatic heterocycles. The van der Waals surface area contributed by atoms with Crippen molar-refractivity contribution in [2.75, 3.05) is 17.2 Å². The molecule has 1 aromatic heterocycles. The molecule has 1 unspecified atom stereocenters. The van der Waals surface area contributed by atoms with Crippen molar-refractivity contribution in [3.63, 3.8) is 0 Å². The second-order valence-corrected chi connectivity index (χ2v) is 11.9. The van der Waals surface area contributed by atoms with Crippen LogP contribution in [0.25, 0.3) is 0 Å². The van der Waals surface area contributed by atoms with Gasteiger partial charge in [0.2, 0.25) is 11.1 Å².